The van der Waals surface area contributed by atoms with E-state index in [4.69, 9.17) is 15.2 Å². The number of halogens is 1. The molecule has 0 saturated heterocycles. The van der Waals surface area contributed by atoms with Gasteiger partial charge in [-0.3, -0.25) is 0 Å². The molecule has 2 N–H and O–H groups in total. The molecule has 16 heavy (non-hydrogen) atoms. The van der Waals surface area contributed by atoms with Crippen molar-refractivity contribution in [1.82, 2.24) is 0 Å². The Bertz CT molecular complexity index is 331. The predicted molar refractivity (Wildman–Crippen MR) is 61.1 cm³/mol. The van der Waals surface area contributed by atoms with Gasteiger partial charge in [0.05, 0.1) is 0 Å². The Hall–Kier alpha value is -1.13. The second-order valence-electron chi connectivity index (χ2n) is 3.53. The van der Waals surface area contributed by atoms with Crippen molar-refractivity contribution in [2.24, 2.45) is 5.73 Å². The van der Waals surface area contributed by atoms with E-state index in [0.717, 1.165) is 5.56 Å². The van der Waals surface area contributed by atoms with Crippen LogP contribution in [-0.2, 0) is 4.74 Å². The van der Waals surface area contributed by atoms with Crippen LogP contribution in [0.25, 0.3) is 0 Å². The first kappa shape index (κ1) is 12.9. The Morgan fingerprint density at radius 3 is 2.75 bits per heavy atom. The number of nitrogens with two attached hydrogens (primary N) is 1. The van der Waals surface area contributed by atoms with Crippen molar-refractivity contribution in [3.63, 3.8) is 0 Å². The van der Waals surface area contributed by atoms with Crippen LogP contribution >= 0.6 is 0 Å². The fourth-order valence-electron chi connectivity index (χ4n) is 1.38. The maximum Gasteiger partial charge on any atom is 0.123 e. The summed E-state index contributed by atoms with van der Waals surface area (Å²) in [5.41, 5.74) is 6.29. The Morgan fingerprint density at radius 1 is 1.44 bits per heavy atom. The smallest absolute Gasteiger partial charge is 0.123 e. The minimum Gasteiger partial charge on any atom is -0.491 e. The average Bonchev–Trinajstić information content (AvgIpc) is 2.26. The topological polar surface area (TPSA) is 44.5 Å². The standard InChI is InChI=1S/C12H18FNO2/c1-3-15-11(7-14)8-16-12-5-4-10(13)6-9(12)2/h4-6,11H,3,7-8,14H2,1-2H3. The Kier molecular flexibility index (Phi) is 5.22. The zero-order chi connectivity index (χ0) is 12.0. The SMILES string of the molecule is CCOC(CN)COc1ccc(F)cc1C. The predicted octanol–water partition coefficient (Wildman–Crippen LogP) is 1.88. The first-order valence-electron chi connectivity index (χ1n) is 5.38. The quantitative estimate of drug-likeness (QED) is 0.807. The molecule has 0 aliphatic rings. The summed E-state index contributed by atoms with van der Waals surface area (Å²) in [6.45, 7) is 5.11. The minimum absolute atomic E-state index is 0.116. The average molecular weight is 227 g/mol. The molecule has 0 amide bonds. The van der Waals surface area contributed by atoms with Crippen LogP contribution in [0.4, 0.5) is 4.39 Å². The van der Waals surface area contributed by atoms with E-state index in [2.05, 4.69) is 0 Å². The van der Waals surface area contributed by atoms with Crippen LogP contribution in [0.5, 0.6) is 5.75 Å². The van der Waals surface area contributed by atoms with E-state index in [1.165, 1.54) is 12.1 Å². The maximum atomic E-state index is 12.8. The number of rotatable bonds is 6. The van der Waals surface area contributed by atoms with Gasteiger partial charge >= 0.3 is 0 Å². The third kappa shape index (κ3) is 3.79. The lowest BCUT2D eigenvalue weighted by atomic mass is 10.2. The van der Waals surface area contributed by atoms with E-state index in [1.54, 1.807) is 13.0 Å². The molecule has 0 fully saturated rings. The molecule has 0 aliphatic carbocycles. The van der Waals surface area contributed by atoms with Gasteiger partial charge in [-0.15, -0.1) is 0 Å². The third-order valence-corrected chi connectivity index (χ3v) is 2.23. The molecule has 90 valence electrons. The summed E-state index contributed by atoms with van der Waals surface area (Å²) in [4.78, 5) is 0. The van der Waals surface area contributed by atoms with E-state index in [9.17, 15) is 4.39 Å². The fourth-order valence-corrected chi connectivity index (χ4v) is 1.38. The van der Waals surface area contributed by atoms with Crippen molar-refractivity contribution < 1.29 is 13.9 Å². The Morgan fingerprint density at radius 2 is 2.19 bits per heavy atom. The van der Waals surface area contributed by atoms with Gasteiger partial charge in [-0.25, -0.2) is 4.39 Å². The number of aryl methyl sites for hydroxylation is 1. The van der Waals surface area contributed by atoms with Gasteiger partial charge in [0.25, 0.3) is 0 Å². The number of ether oxygens (including phenoxy) is 2. The molecule has 0 saturated carbocycles. The van der Waals surface area contributed by atoms with Crippen molar-refractivity contribution in [2.75, 3.05) is 19.8 Å². The van der Waals surface area contributed by atoms with Crippen LogP contribution in [-0.4, -0.2) is 25.9 Å². The van der Waals surface area contributed by atoms with Gasteiger partial charge in [0.2, 0.25) is 0 Å². The molecular weight excluding hydrogens is 209 g/mol. The summed E-state index contributed by atoms with van der Waals surface area (Å²) < 4.78 is 23.7. The summed E-state index contributed by atoms with van der Waals surface area (Å²) in [6, 6.07) is 4.43. The molecule has 1 aromatic carbocycles. The van der Waals surface area contributed by atoms with Gasteiger partial charge in [0.15, 0.2) is 0 Å². The van der Waals surface area contributed by atoms with Crippen molar-refractivity contribution in [3.8, 4) is 5.75 Å². The third-order valence-electron chi connectivity index (χ3n) is 2.23. The van der Waals surface area contributed by atoms with Gasteiger partial charge in [0.1, 0.15) is 24.3 Å². The van der Waals surface area contributed by atoms with E-state index in [1.807, 2.05) is 6.92 Å². The highest BCUT2D eigenvalue weighted by atomic mass is 19.1. The lowest BCUT2D eigenvalue weighted by molar-refractivity contribution is 0.0335. The Labute approximate surface area is 95.4 Å². The van der Waals surface area contributed by atoms with Crippen LogP contribution in [0, 0.1) is 12.7 Å². The highest BCUT2D eigenvalue weighted by molar-refractivity contribution is 5.32. The van der Waals surface area contributed by atoms with Crippen LogP contribution in [0.3, 0.4) is 0 Å². The maximum absolute atomic E-state index is 12.8. The van der Waals surface area contributed by atoms with E-state index in [0.29, 0.717) is 25.5 Å². The second-order valence-corrected chi connectivity index (χ2v) is 3.53. The molecule has 1 atom stereocenters. The highest BCUT2D eigenvalue weighted by Crippen LogP contribution is 2.18. The summed E-state index contributed by atoms with van der Waals surface area (Å²) in [5, 5.41) is 0. The summed E-state index contributed by atoms with van der Waals surface area (Å²) in [6.07, 6.45) is -0.116. The molecule has 1 unspecified atom stereocenters. The van der Waals surface area contributed by atoms with Crippen LogP contribution in [0.15, 0.2) is 18.2 Å². The van der Waals surface area contributed by atoms with Gasteiger partial charge in [-0.1, -0.05) is 0 Å². The lowest BCUT2D eigenvalue weighted by Crippen LogP contribution is -2.30. The summed E-state index contributed by atoms with van der Waals surface area (Å²) in [7, 11) is 0. The van der Waals surface area contributed by atoms with Crippen LogP contribution in [0.2, 0.25) is 0 Å². The van der Waals surface area contributed by atoms with Gasteiger partial charge < -0.3 is 15.2 Å². The van der Waals surface area contributed by atoms with Crippen molar-refractivity contribution >= 4 is 0 Å². The van der Waals surface area contributed by atoms with Crippen LogP contribution < -0.4 is 10.5 Å². The molecule has 3 nitrogen and oxygen atoms in total. The number of benzene rings is 1. The van der Waals surface area contributed by atoms with E-state index < -0.39 is 0 Å². The monoisotopic (exact) mass is 227 g/mol. The largest absolute Gasteiger partial charge is 0.491 e. The molecule has 0 aromatic heterocycles. The molecule has 1 rings (SSSR count). The zero-order valence-electron chi connectivity index (χ0n) is 9.70. The lowest BCUT2D eigenvalue weighted by Gasteiger charge is -2.16. The molecule has 0 aliphatic heterocycles. The first-order chi connectivity index (χ1) is 7.67. The van der Waals surface area contributed by atoms with Gasteiger partial charge in [-0.05, 0) is 37.6 Å². The summed E-state index contributed by atoms with van der Waals surface area (Å²) >= 11 is 0. The normalized spacial score (nSPS) is 12.5. The molecule has 1 aromatic rings. The molecule has 0 spiro atoms. The van der Waals surface area contributed by atoms with E-state index >= 15 is 0 Å². The van der Waals surface area contributed by atoms with Crippen molar-refractivity contribution in [2.45, 2.75) is 20.0 Å². The number of hydrogen-bond donors (Lipinski definition) is 1. The molecule has 4 heteroatoms. The molecular formula is C12H18FNO2. The first-order valence-corrected chi connectivity index (χ1v) is 5.38. The van der Waals surface area contributed by atoms with Crippen molar-refractivity contribution in [1.29, 1.82) is 0 Å². The molecule has 0 heterocycles. The van der Waals surface area contributed by atoms with Crippen molar-refractivity contribution in [3.05, 3.63) is 29.6 Å². The van der Waals surface area contributed by atoms with Gasteiger partial charge in [0, 0.05) is 13.2 Å². The fraction of sp³-hybridized carbons (Fsp3) is 0.500. The number of hydrogen-bond acceptors (Lipinski definition) is 3. The molecule has 0 bridgehead atoms. The molecule has 0 radical (unpaired) electrons. The van der Waals surface area contributed by atoms with Crippen LogP contribution in [0.1, 0.15) is 12.5 Å². The summed E-state index contributed by atoms with van der Waals surface area (Å²) in [5.74, 6) is 0.407. The Balaban J connectivity index is 2.53. The highest BCUT2D eigenvalue weighted by Gasteiger charge is 2.08. The van der Waals surface area contributed by atoms with E-state index in [-0.39, 0.29) is 11.9 Å². The zero-order valence-corrected chi connectivity index (χ0v) is 9.70. The van der Waals surface area contributed by atoms with Gasteiger partial charge in [-0.2, -0.15) is 0 Å². The second kappa shape index (κ2) is 6.45. The minimum atomic E-state index is -0.259.